The van der Waals surface area contributed by atoms with Crippen LogP contribution in [0, 0.1) is 19.3 Å². The number of fused-ring (bicyclic) bond motifs is 1. The number of aryl methyl sites for hydroxylation is 2. The van der Waals surface area contributed by atoms with Crippen LogP contribution in [0.5, 0.6) is 0 Å². The number of carboxylic acid groups (broad SMARTS) is 1. The van der Waals surface area contributed by atoms with Crippen LogP contribution in [0.3, 0.4) is 0 Å². The lowest BCUT2D eigenvalue weighted by Crippen LogP contribution is -2.24. The van der Waals surface area contributed by atoms with E-state index >= 15 is 0 Å². The van der Waals surface area contributed by atoms with Gasteiger partial charge in [0.05, 0.1) is 6.54 Å². The fourth-order valence-corrected chi connectivity index (χ4v) is 4.29. The normalized spacial score (nSPS) is 15.1. The molecule has 2 N–H and O–H groups in total. The first kappa shape index (κ1) is 21.2. The number of nitrogens with one attached hydrogen (secondary N) is 1. The molecule has 3 aromatic rings. The zero-order chi connectivity index (χ0) is 22.2. The molecule has 0 fully saturated rings. The van der Waals surface area contributed by atoms with E-state index in [1.54, 1.807) is 0 Å². The minimum atomic E-state index is -0.854. The van der Waals surface area contributed by atoms with Gasteiger partial charge < -0.3 is 19.5 Å². The monoisotopic (exact) mass is 424 g/mol. The maximum Gasteiger partial charge on any atom is 0.317 e. The number of hydrogen-bond acceptors (Lipinski definition) is 7. The topological polar surface area (TPSA) is 114 Å². The number of carboxylic acids is 1. The number of aliphatic carboxylic acids is 1. The lowest BCUT2D eigenvalue weighted by molar-refractivity contribution is -0.135. The molecule has 4 rings (SSSR count). The molecule has 0 unspecified atom stereocenters. The number of hydrogen-bond donors (Lipinski definition) is 2. The molecule has 0 aliphatic heterocycles. The Hall–Kier alpha value is -3.00. The highest BCUT2D eigenvalue weighted by Gasteiger charge is 2.32. The Balaban J connectivity index is 1.55. The van der Waals surface area contributed by atoms with E-state index < -0.39 is 5.97 Å². The van der Waals surface area contributed by atoms with Crippen molar-refractivity contribution in [1.29, 1.82) is 0 Å². The van der Waals surface area contributed by atoms with E-state index in [2.05, 4.69) is 46.6 Å². The Bertz CT molecular complexity index is 1090. The van der Waals surface area contributed by atoms with E-state index in [9.17, 15) is 4.79 Å². The molecule has 164 valence electrons. The van der Waals surface area contributed by atoms with Gasteiger partial charge in [-0.15, -0.1) is 0 Å². The molecule has 1 aliphatic rings. The van der Waals surface area contributed by atoms with Crippen molar-refractivity contribution in [3.8, 4) is 23.0 Å². The minimum absolute atomic E-state index is 0.0368. The van der Waals surface area contributed by atoms with Crippen LogP contribution in [0.1, 0.15) is 48.3 Å². The summed E-state index contributed by atoms with van der Waals surface area (Å²) in [4.78, 5) is 15.3. The zero-order valence-corrected chi connectivity index (χ0v) is 18.4. The average molecular weight is 425 g/mol. The first-order chi connectivity index (χ1) is 14.7. The van der Waals surface area contributed by atoms with Gasteiger partial charge in [-0.25, -0.2) is 0 Å². The quantitative estimate of drug-likeness (QED) is 0.551. The van der Waals surface area contributed by atoms with Gasteiger partial charge in [-0.1, -0.05) is 36.3 Å². The van der Waals surface area contributed by atoms with E-state index in [1.807, 2.05) is 13.8 Å². The van der Waals surface area contributed by atoms with Gasteiger partial charge in [0.25, 0.3) is 5.89 Å². The third kappa shape index (κ3) is 4.54. The van der Waals surface area contributed by atoms with Crippen molar-refractivity contribution in [2.24, 2.45) is 5.41 Å². The molecule has 2 heterocycles. The highest BCUT2D eigenvalue weighted by atomic mass is 16.5. The SMILES string of the molecule is Cc1cc(CCNCC(=O)O)cc(C)c1-c1noc(-c2noc3c2CCC(C)(C)C3)n1. The highest BCUT2D eigenvalue weighted by molar-refractivity contribution is 5.69. The van der Waals surface area contributed by atoms with E-state index in [4.69, 9.17) is 14.2 Å². The fourth-order valence-electron chi connectivity index (χ4n) is 4.29. The van der Waals surface area contributed by atoms with Gasteiger partial charge in [-0.2, -0.15) is 4.98 Å². The molecular formula is C23H28N4O4. The molecule has 0 bridgehead atoms. The molecule has 1 aromatic carbocycles. The molecule has 8 heteroatoms. The summed E-state index contributed by atoms with van der Waals surface area (Å²) in [6, 6.07) is 4.17. The number of benzene rings is 1. The lowest BCUT2D eigenvalue weighted by Gasteiger charge is -2.27. The number of carbonyl (C=O) groups is 1. The van der Waals surface area contributed by atoms with Crippen LogP contribution in [-0.4, -0.2) is 39.5 Å². The van der Waals surface area contributed by atoms with Crippen molar-refractivity contribution < 1.29 is 18.9 Å². The predicted molar refractivity (Wildman–Crippen MR) is 115 cm³/mol. The van der Waals surface area contributed by atoms with Crippen molar-refractivity contribution in [2.75, 3.05) is 13.1 Å². The summed E-state index contributed by atoms with van der Waals surface area (Å²) in [5.74, 6) is 0.987. The molecule has 0 radical (unpaired) electrons. The first-order valence-electron chi connectivity index (χ1n) is 10.6. The van der Waals surface area contributed by atoms with E-state index in [0.717, 1.165) is 59.3 Å². The van der Waals surface area contributed by atoms with Crippen LogP contribution < -0.4 is 5.32 Å². The summed E-state index contributed by atoms with van der Waals surface area (Å²) < 4.78 is 11.2. The van der Waals surface area contributed by atoms with Crippen LogP contribution in [0.25, 0.3) is 23.0 Å². The van der Waals surface area contributed by atoms with Crippen LogP contribution in [0.2, 0.25) is 0 Å². The van der Waals surface area contributed by atoms with Crippen LogP contribution in [0.15, 0.2) is 21.2 Å². The Kier molecular flexibility index (Phi) is 5.66. The summed E-state index contributed by atoms with van der Waals surface area (Å²) >= 11 is 0. The average Bonchev–Trinajstić information content (AvgIpc) is 3.30. The molecule has 0 saturated carbocycles. The Morgan fingerprint density at radius 2 is 1.94 bits per heavy atom. The number of aromatic nitrogens is 3. The maximum absolute atomic E-state index is 10.6. The summed E-state index contributed by atoms with van der Waals surface area (Å²) in [6.45, 7) is 9.08. The Morgan fingerprint density at radius 1 is 1.19 bits per heavy atom. The van der Waals surface area contributed by atoms with Crippen LogP contribution in [0.4, 0.5) is 0 Å². The molecule has 2 aromatic heterocycles. The Labute approximate surface area is 181 Å². The van der Waals surface area contributed by atoms with E-state index in [0.29, 0.717) is 24.0 Å². The van der Waals surface area contributed by atoms with Crippen LogP contribution >= 0.6 is 0 Å². The third-order valence-electron chi connectivity index (χ3n) is 5.87. The first-order valence-corrected chi connectivity index (χ1v) is 10.6. The predicted octanol–water partition coefficient (Wildman–Crippen LogP) is 3.74. The van der Waals surface area contributed by atoms with Gasteiger partial charge in [0.2, 0.25) is 5.82 Å². The van der Waals surface area contributed by atoms with Gasteiger partial charge in [-0.3, -0.25) is 4.79 Å². The number of nitrogens with zero attached hydrogens (tertiary/aromatic N) is 3. The van der Waals surface area contributed by atoms with Crippen LogP contribution in [-0.2, 0) is 24.1 Å². The molecule has 31 heavy (non-hydrogen) atoms. The Morgan fingerprint density at radius 3 is 2.65 bits per heavy atom. The lowest BCUT2D eigenvalue weighted by atomic mass is 9.77. The fraction of sp³-hybridized carbons (Fsp3) is 0.478. The van der Waals surface area contributed by atoms with Crippen molar-refractivity contribution in [1.82, 2.24) is 20.6 Å². The van der Waals surface area contributed by atoms with E-state index in [1.165, 1.54) is 0 Å². The molecule has 0 atom stereocenters. The van der Waals surface area contributed by atoms with Crippen molar-refractivity contribution >= 4 is 5.97 Å². The molecule has 0 amide bonds. The second-order valence-electron chi connectivity index (χ2n) is 9.12. The largest absolute Gasteiger partial charge is 0.480 e. The standard InChI is InChI=1S/C23H28N4O4/c1-13-9-15(6-8-24-12-18(28)29)10-14(2)19(13)21-25-22(31-27-21)20-16-5-7-23(3,4)11-17(16)30-26-20/h9-10,24H,5-8,11-12H2,1-4H3,(H,28,29). The summed E-state index contributed by atoms with van der Waals surface area (Å²) in [7, 11) is 0. The molecule has 8 nitrogen and oxygen atoms in total. The molecular weight excluding hydrogens is 396 g/mol. The maximum atomic E-state index is 10.6. The van der Waals surface area contributed by atoms with Crippen molar-refractivity contribution in [3.05, 3.63) is 40.1 Å². The van der Waals surface area contributed by atoms with Gasteiger partial charge in [-0.05, 0) is 61.8 Å². The highest BCUT2D eigenvalue weighted by Crippen LogP contribution is 2.39. The third-order valence-corrected chi connectivity index (χ3v) is 5.87. The second kappa shape index (κ2) is 8.26. The molecule has 0 saturated heterocycles. The summed E-state index contributed by atoms with van der Waals surface area (Å²) in [6.07, 6.45) is 3.56. The van der Waals surface area contributed by atoms with Gasteiger partial charge in [0.15, 0.2) is 5.69 Å². The molecule has 1 aliphatic carbocycles. The van der Waals surface area contributed by atoms with Crippen molar-refractivity contribution in [2.45, 2.75) is 53.4 Å². The summed E-state index contributed by atoms with van der Waals surface area (Å²) in [5.41, 5.74) is 6.11. The zero-order valence-electron chi connectivity index (χ0n) is 18.4. The van der Waals surface area contributed by atoms with E-state index in [-0.39, 0.29) is 12.0 Å². The smallest absolute Gasteiger partial charge is 0.317 e. The minimum Gasteiger partial charge on any atom is -0.480 e. The summed E-state index contributed by atoms with van der Waals surface area (Å²) in [5, 5.41) is 20.1. The second-order valence-corrected chi connectivity index (χ2v) is 9.12. The number of rotatable bonds is 7. The van der Waals surface area contributed by atoms with Crippen molar-refractivity contribution in [3.63, 3.8) is 0 Å². The van der Waals surface area contributed by atoms with Gasteiger partial charge >= 0.3 is 5.97 Å². The van der Waals surface area contributed by atoms with Gasteiger partial charge in [0, 0.05) is 17.5 Å². The van der Waals surface area contributed by atoms with Gasteiger partial charge in [0.1, 0.15) is 5.76 Å². The molecule has 0 spiro atoms.